The number of likely N-dealkylation sites (tertiary alicyclic amines) is 1. The van der Waals surface area contributed by atoms with E-state index in [1.54, 1.807) is 12.1 Å². The average molecular weight is 349 g/mol. The summed E-state index contributed by atoms with van der Waals surface area (Å²) < 4.78 is 0. The molecule has 0 spiro atoms. The summed E-state index contributed by atoms with van der Waals surface area (Å²) in [4.78, 5) is 21.3. The van der Waals surface area contributed by atoms with Gasteiger partial charge in [0.1, 0.15) is 0 Å². The molecule has 0 atom stereocenters. The summed E-state index contributed by atoms with van der Waals surface area (Å²) in [5.41, 5.74) is 4.99. The number of rotatable bonds is 4. The van der Waals surface area contributed by atoms with Gasteiger partial charge in [-0.15, -0.1) is 0 Å². The number of hydrogen-bond donors (Lipinski definition) is 2. The Morgan fingerprint density at radius 2 is 2.08 bits per heavy atom. The maximum Gasteiger partial charge on any atom is 0.335 e. The number of aromatic amines is 1. The van der Waals surface area contributed by atoms with Crippen LogP contribution in [0.15, 0.2) is 42.7 Å². The van der Waals surface area contributed by atoms with Crippen LogP contribution in [-0.4, -0.2) is 39.0 Å². The van der Waals surface area contributed by atoms with E-state index in [4.69, 9.17) is 0 Å². The summed E-state index contributed by atoms with van der Waals surface area (Å²) in [6, 6.07) is 9.56. The molecule has 1 fully saturated rings. The summed E-state index contributed by atoms with van der Waals surface area (Å²) in [6.07, 6.45) is 6.12. The van der Waals surface area contributed by atoms with Crippen LogP contribution in [0.3, 0.4) is 0 Å². The van der Waals surface area contributed by atoms with Gasteiger partial charge in [0, 0.05) is 35.5 Å². The lowest BCUT2D eigenvalue weighted by molar-refractivity contribution is 0.0697. The average Bonchev–Trinajstić information content (AvgIpc) is 3.05. The third-order valence-corrected chi connectivity index (χ3v) is 5.36. The minimum absolute atomic E-state index is 0.351. The summed E-state index contributed by atoms with van der Waals surface area (Å²) >= 11 is 0. The lowest BCUT2D eigenvalue weighted by Gasteiger charge is -2.32. The van der Waals surface area contributed by atoms with Gasteiger partial charge in [-0.3, -0.25) is 9.88 Å². The largest absolute Gasteiger partial charge is 0.478 e. The molecule has 0 radical (unpaired) electrons. The quantitative estimate of drug-likeness (QED) is 0.748. The Balaban J connectivity index is 1.47. The van der Waals surface area contributed by atoms with Crippen molar-refractivity contribution in [1.82, 2.24) is 14.9 Å². The molecule has 0 saturated carbocycles. The Morgan fingerprint density at radius 1 is 1.27 bits per heavy atom. The van der Waals surface area contributed by atoms with E-state index in [-0.39, 0.29) is 0 Å². The number of benzene rings is 1. The first-order chi connectivity index (χ1) is 12.6. The number of aromatic nitrogens is 2. The number of nitrogens with one attached hydrogen (secondary N) is 1. The topological polar surface area (TPSA) is 69.2 Å². The molecule has 0 amide bonds. The number of aryl methyl sites for hydroxylation is 1. The molecule has 4 rings (SSSR count). The molecule has 1 aromatic carbocycles. The first kappa shape index (κ1) is 16.8. The van der Waals surface area contributed by atoms with E-state index < -0.39 is 5.97 Å². The number of nitrogens with zero attached hydrogens (tertiary/aromatic N) is 2. The Labute approximate surface area is 152 Å². The Hall–Kier alpha value is -2.66. The van der Waals surface area contributed by atoms with Crippen LogP contribution in [0, 0.1) is 6.92 Å². The van der Waals surface area contributed by atoms with E-state index in [2.05, 4.69) is 33.2 Å². The number of aromatic carboxylic acids is 1. The predicted molar refractivity (Wildman–Crippen MR) is 101 cm³/mol. The van der Waals surface area contributed by atoms with E-state index in [0.717, 1.165) is 49.1 Å². The third kappa shape index (κ3) is 3.35. The highest BCUT2D eigenvalue weighted by Gasteiger charge is 2.23. The van der Waals surface area contributed by atoms with Crippen LogP contribution in [0.5, 0.6) is 0 Å². The molecule has 0 aliphatic carbocycles. The standard InChI is InChI=1S/C21H23N3O2/c1-14-10-15(4-7-22-14)13-24-8-5-16(6-9-24)19-12-23-20-3-2-17(21(25)26)11-18(19)20/h2-4,7,10-12,16,23H,5-6,8-9,13H2,1H3,(H,25,26). The number of H-pyrrole nitrogens is 1. The van der Waals surface area contributed by atoms with Gasteiger partial charge < -0.3 is 10.1 Å². The van der Waals surface area contributed by atoms with Crippen molar-refractivity contribution in [3.05, 3.63) is 65.1 Å². The van der Waals surface area contributed by atoms with Crippen molar-refractivity contribution in [3.63, 3.8) is 0 Å². The highest BCUT2D eigenvalue weighted by molar-refractivity contribution is 5.94. The lowest BCUT2D eigenvalue weighted by Crippen LogP contribution is -2.32. The van der Waals surface area contributed by atoms with Gasteiger partial charge in [0.25, 0.3) is 0 Å². The zero-order valence-electron chi connectivity index (χ0n) is 14.9. The number of fused-ring (bicyclic) bond motifs is 1. The summed E-state index contributed by atoms with van der Waals surface area (Å²) in [7, 11) is 0. The first-order valence-corrected chi connectivity index (χ1v) is 9.08. The molecule has 134 valence electrons. The highest BCUT2D eigenvalue weighted by atomic mass is 16.4. The number of hydrogen-bond acceptors (Lipinski definition) is 3. The molecule has 1 aliphatic heterocycles. The molecule has 3 aromatic rings. The second-order valence-electron chi connectivity index (χ2n) is 7.17. The molecule has 5 nitrogen and oxygen atoms in total. The minimum Gasteiger partial charge on any atom is -0.478 e. The van der Waals surface area contributed by atoms with E-state index >= 15 is 0 Å². The van der Waals surface area contributed by atoms with Crippen LogP contribution in [0.1, 0.15) is 45.9 Å². The molecular formula is C21H23N3O2. The maximum absolute atomic E-state index is 11.3. The molecule has 2 N–H and O–H groups in total. The zero-order valence-corrected chi connectivity index (χ0v) is 14.9. The summed E-state index contributed by atoms with van der Waals surface area (Å²) in [5.74, 6) is -0.398. The molecule has 1 aliphatic rings. The molecular weight excluding hydrogens is 326 g/mol. The van der Waals surface area contributed by atoms with E-state index in [0.29, 0.717) is 11.5 Å². The van der Waals surface area contributed by atoms with Gasteiger partial charge in [0.05, 0.1) is 5.56 Å². The lowest BCUT2D eigenvalue weighted by atomic mass is 9.88. The Kier molecular flexibility index (Phi) is 4.47. The number of piperidine rings is 1. The highest BCUT2D eigenvalue weighted by Crippen LogP contribution is 2.34. The summed E-state index contributed by atoms with van der Waals surface area (Å²) in [5, 5.41) is 10.3. The van der Waals surface area contributed by atoms with Gasteiger partial charge in [0.15, 0.2) is 0 Å². The van der Waals surface area contributed by atoms with Crippen LogP contribution in [0.2, 0.25) is 0 Å². The van der Waals surface area contributed by atoms with E-state index in [9.17, 15) is 9.90 Å². The SMILES string of the molecule is Cc1cc(CN2CCC(c3c[nH]c4ccc(C(=O)O)cc34)CC2)ccn1. The van der Waals surface area contributed by atoms with Crippen LogP contribution < -0.4 is 0 Å². The number of carboxylic acid groups (broad SMARTS) is 1. The summed E-state index contributed by atoms with van der Waals surface area (Å²) in [6.45, 7) is 5.10. The molecule has 1 saturated heterocycles. The molecule has 2 aromatic heterocycles. The number of carboxylic acids is 1. The Bertz CT molecular complexity index is 939. The second kappa shape index (κ2) is 6.92. The van der Waals surface area contributed by atoms with Gasteiger partial charge in [-0.1, -0.05) is 0 Å². The van der Waals surface area contributed by atoms with Crippen molar-refractivity contribution in [2.45, 2.75) is 32.2 Å². The van der Waals surface area contributed by atoms with Gasteiger partial charge in [-0.25, -0.2) is 4.79 Å². The molecule has 26 heavy (non-hydrogen) atoms. The van der Waals surface area contributed by atoms with Gasteiger partial charge >= 0.3 is 5.97 Å². The molecule has 0 bridgehead atoms. The molecule has 0 unspecified atom stereocenters. The van der Waals surface area contributed by atoms with E-state index in [1.807, 2.05) is 19.2 Å². The normalized spacial score (nSPS) is 16.2. The number of carbonyl (C=O) groups is 1. The Morgan fingerprint density at radius 3 is 2.81 bits per heavy atom. The first-order valence-electron chi connectivity index (χ1n) is 9.08. The van der Waals surface area contributed by atoms with Crippen LogP contribution in [0.25, 0.3) is 10.9 Å². The van der Waals surface area contributed by atoms with Crippen molar-refractivity contribution >= 4 is 16.9 Å². The van der Waals surface area contributed by atoms with E-state index in [1.165, 1.54) is 11.1 Å². The molecule has 5 heteroatoms. The van der Waals surface area contributed by atoms with Crippen LogP contribution in [-0.2, 0) is 6.54 Å². The maximum atomic E-state index is 11.3. The number of pyridine rings is 1. The van der Waals surface area contributed by atoms with Crippen molar-refractivity contribution in [2.24, 2.45) is 0 Å². The second-order valence-corrected chi connectivity index (χ2v) is 7.17. The van der Waals surface area contributed by atoms with Crippen molar-refractivity contribution in [3.8, 4) is 0 Å². The fourth-order valence-corrected chi connectivity index (χ4v) is 3.98. The van der Waals surface area contributed by atoms with Crippen LogP contribution in [0.4, 0.5) is 0 Å². The predicted octanol–water partition coefficient (Wildman–Crippen LogP) is 3.95. The minimum atomic E-state index is -0.874. The van der Waals surface area contributed by atoms with Gasteiger partial charge in [0.2, 0.25) is 0 Å². The van der Waals surface area contributed by atoms with Crippen molar-refractivity contribution < 1.29 is 9.90 Å². The van der Waals surface area contributed by atoms with Crippen molar-refractivity contribution in [1.29, 1.82) is 0 Å². The van der Waals surface area contributed by atoms with Gasteiger partial charge in [-0.05, 0) is 80.2 Å². The molecule has 3 heterocycles. The van der Waals surface area contributed by atoms with Crippen LogP contribution >= 0.6 is 0 Å². The third-order valence-electron chi connectivity index (χ3n) is 5.36. The van der Waals surface area contributed by atoms with Gasteiger partial charge in [-0.2, -0.15) is 0 Å². The smallest absolute Gasteiger partial charge is 0.335 e. The van der Waals surface area contributed by atoms with Crippen molar-refractivity contribution in [2.75, 3.05) is 13.1 Å². The fraction of sp³-hybridized carbons (Fsp3) is 0.333. The fourth-order valence-electron chi connectivity index (χ4n) is 3.98. The zero-order chi connectivity index (χ0) is 18.1. The monoisotopic (exact) mass is 349 g/mol.